The average molecular weight is 263 g/mol. The maximum Gasteiger partial charge on any atom is 0.0863 e. The molecular formula is C17H29NO. The van der Waals surface area contributed by atoms with Crippen molar-refractivity contribution in [1.82, 2.24) is 0 Å². The molecule has 2 heteroatoms. The van der Waals surface area contributed by atoms with Crippen molar-refractivity contribution < 1.29 is 5.11 Å². The highest BCUT2D eigenvalue weighted by Crippen LogP contribution is 2.60. The summed E-state index contributed by atoms with van der Waals surface area (Å²) >= 11 is 0. The van der Waals surface area contributed by atoms with E-state index in [1.54, 1.807) is 0 Å². The molecule has 0 aromatic heterocycles. The van der Waals surface area contributed by atoms with Crippen molar-refractivity contribution in [1.29, 1.82) is 5.26 Å². The molecule has 2 rings (SSSR count). The predicted octanol–water partition coefficient (Wildman–Crippen LogP) is 4.28. The molecule has 0 saturated heterocycles. The van der Waals surface area contributed by atoms with Crippen LogP contribution in [0.2, 0.25) is 0 Å². The molecule has 1 N–H and O–H groups in total. The molecule has 2 atom stereocenters. The third-order valence-electron chi connectivity index (χ3n) is 5.36. The maximum absolute atomic E-state index is 11.4. The van der Waals surface area contributed by atoms with Crippen LogP contribution in [-0.2, 0) is 0 Å². The number of hydrogen-bond donors (Lipinski definition) is 1. The number of rotatable bonds is 1. The first kappa shape index (κ1) is 14.9. The van der Waals surface area contributed by atoms with Crippen molar-refractivity contribution in [3.05, 3.63) is 0 Å². The van der Waals surface area contributed by atoms with Crippen LogP contribution in [0.15, 0.2) is 0 Å². The lowest BCUT2D eigenvalue weighted by Gasteiger charge is -2.54. The van der Waals surface area contributed by atoms with Crippen LogP contribution >= 0.6 is 0 Å². The van der Waals surface area contributed by atoms with Gasteiger partial charge in [0.15, 0.2) is 0 Å². The van der Waals surface area contributed by atoms with Crippen molar-refractivity contribution in [3.8, 4) is 6.07 Å². The van der Waals surface area contributed by atoms with Crippen LogP contribution in [0.3, 0.4) is 0 Å². The Morgan fingerprint density at radius 1 is 1.05 bits per heavy atom. The van der Waals surface area contributed by atoms with Gasteiger partial charge in [0.05, 0.1) is 17.1 Å². The lowest BCUT2D eigenvalue weighted by Crippen LogP contribution is -2.55. The first-order valence-corrected chi connectivity index (χ1v) is 7.67. The normalized spacial score (nSPS) is 39.7. The SMILES string of the molecule is CC1CCC(C#N)(C2(O)CC(C)(C)CC(C)(C)C2)C1. The second-order valence-electron chi connectivity index (χ2n) is 8.93. The first-order chi connectivity index (χ1) is 8.53. The summed E-state index contributed by atoms with van der Waals surface area (Å²) in [6, 6.07) is 2.54. The molecule has 0 aromatic rings. The van der Waals surface area contributed by atoms with E-state index in [2.05, 4.69) is 40.7 Å². The van der Waals surface area contributed by atoms with Gasteiger partial charge in [0, 0.05) is 0 Å². The van der Waals surface area contributed by atoms with Crippen molar-refractivity contribution in [2.45, 2.75) is 78.7 Å². The quantitative estimate of drug-likeness (QED) is 0.767. The summed E-state index contributed by atoms with van der Waals surface area (Å²) in [5.41, 5.74) is -1.09. The molecule has 108 valence electrons. The van der Waals surface area contributed by atoms with Crippen LogP contribution in [0.25, 0.3) is 0 Å². The van der Waals surface area contributed by atoms with E-state index < -0.39 is 11.0 Å². The molecule has 2 unspecified atom stereocenters. The minimum atomic E-state index is -0.808. The van der Waals surface area contributed by atoms with Crippen molar-refractivity contribution in [2.75, 3.05) is 0 Å². The first-order valence-electron chi connectivity index (χ1n) is 7.67. The van der Waals surface area contributed by atoms with Crippen LogP contribution in [0.4, 0.5) is 0 Å². The standard InChI is InChI=1S/C17H29NO/c1-13-6-7-16(8-13,12-18)17(19)10-14(2,3)9-15(4,5)11-17/h13,19H,6-11H2,1-5H3. The van der Waals surface area contributed by atoms with Gasteiger partial charge in [-0.2, -0.15) is 5.26 Å². The van der Waals surface area contributed by atoms with Crippen molar-refractivity contribution in [3.63, 3.8) is 0 Å². The van der Waals surface area contributed by atoms with Gasteiger partial charge < -0.3 is 5.11 Å². The van der Waals surface area contributed by atoms with Crippen molar-refractivity contribution in [2.24, 2.45) is 22.2 Å². The summed E-state index contributed by atoms with van der Waals surface area (Å²) in [5, 5.41) is 21.2. The molecule has 2 nitrogen and oxygen atoms in total. The summed E-state index contributed by atoms with van der Waals surface area (Å²) in [5.74, 6) is 0.567. The highest BCUT2D eigenvalue weighted by molar-refractivity contribution is 5.18. The van der Waals surface area contributed by atoms with Crippen molar-refractivity contribution >= 4 is 0 Å². The summed E-state index contributed by atoms with van der Waals surface area (Å²) in [6.45, 7) is 11.2. The number of aliphatic hydroxyl groups is 1. The largest absolute Gasteiger partial charge is 0.388 e. The van der Waals surface area contributed by atoms with E-state index in [4.69, 9.17) is 0 Å². The Kier molecular flexibility index (Phi) is 3.30. The van der Waals surface area contributed by atoms with Crippen LogP contribution in [0, 0.1) is 33.5 Å². The third-order valence-corrected chi connectivity index (χ3v) is 5.36. The Balaban J connectivity index is 2.38. The lowest BCUT2D eigenvalue weighted by atomic mass is 9.52. The molecule has 0 heterocycles. The Labute approximate surface area is 118 Å². The zero-order valence-corrected chi connectivity index (χ0v) is 13.2. The summed E-state index contributed by atoms with van der Waals surface area (Å²) < 4.78 is 0. The molecule has 19 heavy (non-hydrogen) atoms. The van der Waals surface area contributed by atoms with E-state index in [0.717, 1.165) is 38.5 Å². The summed E-state index contributed by atoms with van der Waals surface area (Å²) in [4.78, 5) is 0. The van der Waals surface area contributed by atoms with Crippen LogP contribution < -0.4 is 0 Å². The highest BCUT2D eigenvalue weighted by atomic mass is 16.3. The minimum absolute atomic E-state index is 0.117. The number of hydrogen-bond acceptors (Lipinski definition) is 2. The lowest BCUT2D eigenvalue weighted by molar-refractivity contribution is -0.145. The van der Waals surface area contributed by atoms with E-state index >= 15 is 0 Å². The summed E-state index contributed by atoms with van der Waals surface area (Å²) in [7, 11) is 0. The van der Waals surface area contributed by atoms with Gasteiger partial charge in [-0.05, 0) is 55.3 Å². The highest BCUT2D eigenvalue weighted by Gasteiger charge is 2.59. The van der Waals surface area contributed by atoms with Gasteiger partial charge in [-0.1, -0.05) is 34.6 Å². The van der Waals surface area contributed by atoms with Gasteiger partial charge in [-0.15, -0.1) is 0 Å². The van der Waals surface area contributed by atoms with Crippen LogP contribution in [0.5, 0.6) is 0 Å². The zero-order valence-electron chi connectivity index (χ0n) is 13.2. The molecule has 0 aliphatic heterocycles. The summed E-state index contributed by atoms with van der Waals surface area (Å²) in [6.07, 6.45) is 5.48. The van der Waals surface area contributed by atoms with E-state index in [1.165, 1.54) is 0 Å². The molecule has 0 spiro atoms. The molecule has 2 fully saturated rings. The molecule has 2 aliphatic rings. The Morgan fingerprint density at radius 2 is 1.58 bits per heavy atom. The number of nitriles is 1. The fourth-order valence-corrected chi connectivity index (χ4v) is 5.32. The van der Waals surface area contributed by atoms with Crippen LogP contribution in [-0.4, -0.2) is 10.7 Å². The zero-order chi connectivity index (χ0) is 14.5. The molecular weight excluding hydrogens is 234 g/mol. The van der Waals surface area contributed by atoms with Crippen LogP contribution in [0.1, 0.15) is 73.1 Å². The molecule has 0 radical (unpaired) electrons. The van der Waals surface area contributed by atoms with E-state index in [1.807, 2.05) is 0 Å². The second kappa shape index (κ2) is 4.22. The topological polar surface area (TPSA) is 44.0 Å². The Morgan fingerprint density at radius 3 is 1.95 bits per heavy atom. The van der Waals surface area contributed by atoms with E-state index in [-0.39, 0.29) is 10.8 Å². The average Bonchev–Trinajstić information content (AvgIpc) is 2.56. The fourth-order valence-electron chi connectivity index (χ4n) is 5.32. The monoisotopic (exact) mass is 263 g/mol. The minimum Gasteiger partial charge on any atom is -0.388 e. The molecule has 0 bridgehead atoms. The van der Waals surface area contributed by atoms with E-state index in [9.17, 15) is 10.4 Å². The predicted molar refractivity (Wildman–Crippen MR) is 77.4 cm³/mol. The number of nitrogens with zero attached hydrogens (tertiary/aromatic N) is 1. The third kappa shape index (κ3) is 2.55. The fraction of sp³-hybridized carbons (Fsp3) is 0.941. The Bertz CT molecular complexity index is 388. The van der Waals surface area contributed by atoms with Gasteiger partial charge >= 0.3 is 0 Å². The van der Waals surface area contributed by atoms with Gasteiger partial charge in [0.2, 0.25) is 0 Å². The second-order valence-corrected chi connectivity index (χ2v) is 8.93. The van der Waals surface area contributed by atoms with E-state index in [0.29, 0.717) is 5.92 Å². The van der Waals surface area contributed by atoms with Gasteiger partial charge in [0.1, 0.15) is 0 Å². The van der Waals surface area contributed by atoms with Gasteiger partial charge in [-0.25, -0.2) is 0 Å². The smallest absolute Gasteiger partial charge is 0.0863 e. The molecule has 2 aliphatic carbocycles. The van der Waals surface area contributed by atoms with Gasteiger partial charge in [0.25, 0.3) is 0 Å². The molecule has 0 aromatic carbocycles. The molecule has 2 saturated carbocycles. The molecule has 0 amide bonds. The maximum atomic E-state index is 11.4. The Hall–Kier alpha value is -0.550. The van der Waals surface area contributed by atoms with Gasteiger partial charge in [-0.3, -0.25) is 0 Å².